The highest BCUT2D eigenvalue weighted by molar-refractivity contribution is 6.31. The average Bonchev–Trinajstić information content (AvgIpc) is 3.07. The highest BCUT2D eigenvalue weighted by atomic mass is 35.5. The fraction of sp³-hybridized carbons (Fsp3) is 0.333. The van der Waals surface area contributed by atoms with Gasteiger partial charge in [-0.05, 0) is 38.0 Å². The normalized spacial score (nSPS) is 15.7. The van der Waals surface area contributed by atoms with Crippen LogP contribution in [0, 0.1) is 6.92 Å². The predicted molar refractivity (Wildman–Crippen MR) is 93.7 cm³/mol. The van der Waals surface area contributed by atoms with Crippen LogP contribution in [-0.4, -0.2) is 39.0 Å². The van der Waals surface area contributed by atoms with Crippen LogP contribution < -0.4 is 0 Å². The Morgan fingerprint density at radius 3 is 2.80 bits per heavy atom. The number of halogens is 1. The molecule has 1 aliphatic rings. The Hall–Kier alpha value is -2.47. The van der Waals surface area contributed by atoms with Gasteiger partial charge in [-0.25, -0.2) is 9.97 Å². The Kier molecular flexibility index (Phi) is 4.13. The van der Waals surface area contributed by atoms with E-state index in [4.69, 9.17) is 16.1 Å². The maximum atomic E-state index is 12.5. The molecule has 7 heteroatoms. The average molecular weight is 357 g/mol. The van der Waals surface area contributed by atoms with Crippen LogP contribution in [0.1, 0.15) is 40.6 Å². The van der Waals surface area contributed by atoms with Gasteiger partial charge in [0, 0.05) is 36.3 Å². The zero-order valence-corrected chi connectivity index (χ0v) is 14.5. The van der Waals surface area contributed by atoms with E-state index < -0.39 is 0 Å². The van der Waals surface area contributed by atoms with E-state index in [1.807, 2.05) is 23.1 Å². The highest BCUT2D eigenvalue weighted by Crippen LogP contribution is 2.29. The molecule has 1 amide bonds. The molecule has 0 aromatic carbocycles. The largest absolute Gasteiger partial charge is 0.361 e. The molecule has 0 N–H and O–H groups in total. The summed E-state index contributed by atoms with van der Waals surface area (Å²) in [5, 5.41) is 5.23. The fourth-order valence-corrected chi connectivity index (χ4v) is 3.44. The Labute approximate surface area is 149 Å². The maximum Gasteiger partial charge on any atom is 0.259 e. The molecule has 3 aromatic heterocycles. The molecule has 1 fully saturated rings. The first-order valence-electron chi connectivity index (χ1n) is 8.24. The first-order chi connectivity index (χ1) is 12.1. The van der Waals surface area contributed by atoms with Crippen molar-refractivity contribution in [2.75, 3.05) is 13.1 Å². The zero-order chi connectivity index (χ0) is 17.4. The number of likely N-dealkylation sites (tertiary alicyclic amines) is 1. The molecule has 0 bridgehead atoms. The van der Waals surface area contributed by atoms with Crippen molar-refractivity contribution >= 4 is 28.5 Å². The standard InChI is InChI=1S/C18H17ClN4O2/c1-11-15(10-21-25-11)18(24)23-6-4-12(5-7-23)16-3-2-13-8-14(19)9-20-17(13)22-16/h2-3,8-10,12H,4-7H2,1H3. The summed E-state index contributed by atoms with van der Waals surface area (Å²) in [6.07, 6.45) is 4.86. The minimum absolute atomic E-state index is 0.0139. The Bertz CT molecular complexity index is 932. The number of hydrogen-bond acceptors (Lipinski definition) is 5. The van der Waals surface area contributed by atoms with Crippen molar-refractivity contribution in [3.63, 3.8) is 0 Å². The summed E-state index contributed by atoms with van der Waals surface area (Å²) in [5.74, 6) is 0.877. The number of rotatable bonds is 2. The van der Waals surface area contributed by atoms with E-state index in [1.165, 1.54) is 6.20 Å². The van der Waals surface area contributed by atoms with Crippen LogP contribution in [0.4, 0.5) is 0 Å². The first kappa shape index (κ1) is 16.0. The third-order valence-electron chi connectivity index (χ3n) is 4.71. The number of pyridine rings is 2. The van der Waals surface area contributed by atoms with Gasteiger partial charge in [-0.15, -0.1) is 0 Å². The van der Waals surface area contributed by atoms with Gasteiger partial charge >= 0.3 is 0 Å². The van der Waals surface area contributed by atoms with Crippen molar-refractivity contribution in [2.45, 2.75) is 25.7 Å². The summed E-state index contributed by atoms with van der Waals surface area (Å²) in [6, 6.07) is 5.91. The molecule has 0 spiro atoms. The summed E-state index contributed by atoms with van der Waals surface area (Å²) in [5.41, 5.74) is 2.28. The van der Waals surface area contributed by atoms with Gasteiger partial charge in [0.05, 0.1) is 11.2 Å². The van der Waals surface area contributed by atoms with E-state index in [2.05, 4.69) is 15.1 Å². The third-order valence-corrected chi connectivity index (χ3v) is 4.92. The van der Waals surface area contributed by atoms with Gasteiger partial charge in [0.15, 0.2) is 5.65 Å². The third kappa shape index (κ3) is 3.09. The second kappa shape index (κ2) is 6.44. The molecular formula is C18H17ClN4O2. The lowest BCUT2D eigenvalue weighted by Gasteiger charge is -2.31. The number of fused-ring (bicyclic) bond motifs is 1. The lowest BCUT2D eigenvalue weighted by atomic mass is 9.92. The van der Waals surface area contributed by atoms with Crippen LogP contribution >= 0.6 is 11.6 Å². The second-order valence-corrected chi connectivity index (χ2v) is 6.73. The Morgan fingerprint density at radius 2 is 2.08 bits per heavy atom. The van der Waals surface area contributed by atoms with Crippen molar-refractivity contribution in [2.24, 2.45) is 0 Å². The molecule has 0 aliphatic carbocycles. The number of aromatic nitrogens is 3. The number of hydrogen-bond donors (Lipinski definition) is 0. The minimum atomic E-state index is -0.0139. The molecule has 0 atom stereocenters. The molecule has 25 heavy (non-hydrogen) atoms. The van der Waals surface area contributed by atoms with E-state index in [1.54, 1.807) is 13.1 Å². The summed E-state index contributed by atoms with van der Waals surface area (Å²) < 4.78 is 4.99. The van der Waals surface area contributed by atoms with Gasteiger partial charge in [-0.1, -0.05) is 16.8 Å². The number of nitrogens with zero attached hydrogens (tertiary/aromatic N) is 4. The molecule has 1 aliphatic heterocycles. The SMILES string of the molecule is Cc1oncc1C(=O)N1CCC(c2ccc3cc(Cl)cnc3n2)CC1. The zero-order valence-electron chi connectivity index (χ0n) is 13.8. The van der Waals surface area contributed by atoms with Gasteiger partial charge in [0.25, 0.3) is 5.91 Å². The van der Waals surface area contributed by atoms with E-state index >= 15 is 0 Å². The van der Waals surface area contributed by atoms with Gasteiger partial charge < -0.3 is 9.42 Å². The smallest absolute Gasteiger partial charge is 0.259 e. The van der Waals surface area contributed by atoms with Gasteiger partial charge in [0.1, 0.15) is 11.3 Å². The molecule has 4 rings (SSSR count). The quantitative estimate of drug-likeness (QED) is 0.701. The summed E-state index contributed by atoms with van der Waals surface area (Å²) >= 11 is 5.97. The number of carbonyl (C=O) groups excluding carboxylic acids is 1. The molecule has 128 valence electrons. The first-order valence-corrected chi connectivity index (χ1v) is 8.62. The molecule has 0 radical (unpaired) electrons. The maximum absolute atomic E-state index is 12.5. The fourth-order valence-electron chi connectivity index (χ4n) is 3.28. The second-order valence-electron chi connectivity index (χ2n) is 6.30. The van der Waals surface area contributed by atoms with Crippen LogP contribution in [0.2, 0.25) is 5.02 Å². The van der Waals surface area contributed by atoms with Crippen molar-refractivity contribution in [1.82, 2.24) is 20.0 Å². The van der Waals surface area contributed by atoms with E-state index in [-0.39, 0.29) is 5.91 Å². The highest BCUT2D eigenvalue weighted by Gasteiger charge is 2.27. The lowest BCUT2D eigenvalue weighted by molar-refractivity contribution is 0.0710. The van der Waals surface area contributed by atoms with Crippen LogP contribution in [-0.2, 0) is 0 Å². The molecule has 4 heterocycles. The van der Waals surface area contributed by atoms with Crippen molar-refractivity contribution in [1.29, 1.82) is 0 Å². The van der Waals surface area contributed by atoms with E-state index in [9.17, 15) is 4.79 Å². The Balaban J connectivity index is 1.47. The molecule has 0 saturated carbocycles. The molecule has 3 aromatic rings. The number of piperidine rings is 1. The van der Waals surface area contributed by atoms with Crippen LogP contribution in [0.25, 0.3) is 11.0 Å². The number of amides is 1. The lowest BCUT2D eigenvalue weighted by Crippen LogP contribution is -2.38. The van der Waals surface area contributed by atoms with Crippen molar-refractivity contribution in [3.8, 4) is 0 Å². The van der Waals surface area contributed by atoms with Gasteiger partial charge in [-0.3, -0.25) is 4.79 Å². The van der Waals surface area contributed by atoms with Crippen molar-refractivity contribution in [3.05, 3.63) is 52.6 Å². The van der Waals surface area contributed by atoms with Crippen LogP contribution in [0.15, 0.2) is 35.1 Å². The summed E-state index contributed by atoms with van der Waals surface area (Å²) in [7, 11) is 0. The van der Waals surface area contributed by atoms with Gasteiger partial charge in [0.2, 0.25) is 0 Å². The Morgan fingerprint density at radius 1 is 1.28 bits per heavy atom. The topological polar surface area (TPSA) is 72.1 Å². The minimum Gasteiger partial charge on any atom is -0.361 e. The van der Waals surface area contributed by atoms with Crippen molar-refractivity contribution < 1.29 is 9.32 Å². The van der Waals surface area contributed by atoms with Crippen LogP contribution in [0.3, 0.4) is 0 Å². The van der Waals surface area contributed by atoms with Crippen LogP contribution in [0.5, 0.6) is 0 Å². The number of aryl methyl sites for hydroxylation is 1. The molecule has 1 saturated heterocycles. The summed E-state index contributed by atoms with van der Waals surface area (Å²) in [6.45, 7) is 3.15. The summed E-state index contributed by atoms with van der Waals surface area (Å²) in [4.78, 5) is 23.3. The molecule has 6 nitrogen and oxygen atoms in total. The molecule has 0 unspecified atom stereocenters. The van der Waals surface area contributed by atoms with E-state index in [0.717, 1.165) is 23.9 Å². The predicted octanol–water partition coefficient (Wildman–Crippen LogP) is 3.60. The van der Waals surface area contributed by atoms with E-state index in [0.29, 0.717) is 41.0 Å². The number of carbonyl (C=O) groups is 1. The monoisotopic (exact) mass is 356 g/mol. The van der Waals surface area contributed by atoms with Gasteiger partial charge in [-0.2, -0.15) is 0 Å². The molecular weight excluding hydrogens is 340 g/mol.